The van der Waals surface area contributed by atoms with E-state index in [1.165, 1.54) is 13.2 Å². The molecule has 1 aromatic rings. The Morgan fingerprint density at radius 1 is 1.15 bits per heavy atom. The first-order chi connectivity index (χ1) is 12.6. The number of hydrogen-bond donors (Lipinski definition) is 0. The maximum atomic E-state index is 12.7. The second-order valence-corrected chi connectivity index (χ2v) is 7.86. The molecule has 0 amide bonds. The lowest BCUT2D eigenvalue weighted by molar-refractivity contribution is -0.0527. The highest BCUT2D eigenvalue weighted by Gasteiger charge is 2.49. The number of halogens is 3. The van der Waals surface area contributed by atoms with E-state index in [-0.39, 0.29) is 5.76 Å². The summed E-state index contributed by atoms with van der Waals surface area (Å²) in [6.45, 7) is 0. The molecule has 0 fully saturated rings. The number of hydrogen-bond acceptors (Lipinski definition) is 5. The summed E-state index contributed by atoms with van der Waals surface area (Å²) in [6, 6.07) is 6.45. The lowest BCUT2D eigenvalue weighted by Crippen LogP contribution is -2.27. The second-order valence-electron chi connectivity index (χ2n) is 6.32. The Bertz CT molecular complexity index is 782. The molecule has 1 aromatic carbocycles. The molecule has 1 unspecified atom stereocenters. The number of rotatable bonds is 5. The lowest BCUT2D eigenvalue weighted by atomic mass is 9.89. The smallest absolute Gasteiger partial charge is 0.465 e. The van der Waals surface area contributed by atoms with Crippen LogP contribution in [0.25, 0.3) is 0 Å². The van der Waals surface area contributed by atoms with Crippen molar-refractivity contribution in [3.8, 4) is 0 Å². The van der Waals surface area contributed by atoms with Gasteiger partial charge < -0.3 is 8.92 Å². The number of benzene rings is 1. The zero-order valence-corrected chi connectivity index (χ0v) is 15.6. The number of ether oxygens (including phenoxy) is 1. The van der Waals surface area contributed by atoms with Crippen LogP contribution in [-0.4, -0.2) is 27.0 Å². The van der Waals surface area contributed by atoms with Gasteiger partial charge in [0.2, 0.25) is 0 Å². The fourth-order valence-electron chi connectivity index (χ4n) is 2.92. The summed E-state index contributed by atoms with van der Waals surface area (Å²) >= 11 is 0. The van der Waals surface area contributed by atoms with E-state index in [4.69, 9.17) is 0 Å². The Morgan fingerprint density at radius 2 is 1.81 bits per heavy atom. The molecular formula is C18H21F3O5S. The summed E-state index contributed by atoms with van der Waals surface area (Å²) in [5.74, 6) is -1.15. The third kappa shape index (κ3) is 5.72. The maximum Gasteiger partial charge on any atom is 0.534 e. The van der Waals surface area contributed by atoms with Crippen LogP contribution in [0.1, 0.15) is 48.0 Å². The van der Waals surface area contributed by atoms with Crippen LogP contribution in [0.15, 0.2) is 36.1 Å². The van der Waals surface area contributed by atoms with Crippen LogP contribution in [-0.2, 0) is 25.5 Å². The zero-order chi connectivity index (χ0) is 20.1. The fourth-order valence-corrected chi connectivity index (χ4v) is 3.47. The van der Waals surface area contributed by atoms with Gasteiger partial charge in [-0.25, -0.2) is 4.79 Å². The molecule has 0 radical (unpaired) electrons. The summed E-state index contributed by atoms with van der Waals surface area (Å²) in [5.41, 5.74) is -4.36. The third-order valence-electron chi connectivity index (χ3n) is 4.35. The molecule has 0 saturated heterocycles. The van der Waals surface area contributed by atoms with E-state index in [2.05, 4.69) is 8.92 Å². The average molecular weight is 406 g/mol. The molecule has 0 heterocycles. The van der Waals surface area contributed by atoms with Crippen LogP contribution in [0.3, 0.4) is 0 Å². The highest BCUT2D eigenvalue weighted by molar-refractivity contribution is 7.87. The largest absolute Gasteiger partial charge is 0.534 e. The van der Waals surface area contributed by atoms with Gasteiger partial charge in [-0.15, -0.1) is 0 Å². The van der Waals surface area contributed by atoms with Crippen LogP contribution in [0, 0.1) is 5.92 Å². The minimum absolute atomic E-state index is 0.163. The molecule has 27 heavy (non-hydrogen) atoms. The van der Waals surface area contributed by atoms with Crippen molar-refractivity contribution in [3.63, 3.8) is 0 Å². The number of alkyl halides is 3. The molecule has 5 nitrogen and oxygen atoms in total. The fraction of sp³-hybridized carbons (Fsp3) is 0.500. The van der Waals surface area contributed by atoms with Crippen molar-refractivity contribution in [1.29, 1.82) is 0 Å². The SMILES string of the molecule is COC(=O)c1ccc(CC2CCCCC/C=C\2OS(=O)(=O)C(F)(F)F)cc1. The molecule has 150 valence electrons. The van der Waals surface area contributed by atoms with Crippen LogP contribution >= 0.6 is 0 Å². The van der Waals surface area contributed by atoms with Crippen LogP contribution in [0.5, 0.6) is 0 Å². The van der Waals surface area contributed by atoms with Gasteiger partial charge in [0.25, 0.3) is 0 Å². The Hall–Kier alpha value is -2.03. The molecule has 0 bridgehead atoms. The highest BCUT2D eigenvalue weighted by atomic mass is 32.2. The molecule has 0 spiro atoms. The minimum Gasteiger partial charge on any atom is -0.465 e. The standard InChI is InChI=1S/C18H21F3O5S/c1-25-17(22)14-10-8-13(9-11-14)12-15-6-4-2-3-5-7-16(15)26-27(23,24)18(19,20)21/h7-11,15H,2-6,12H2,1H3/b16-7+. The monoisotopic (exact) mass is 406 g/mol. The molecule has 9 heteroatoms. The van der Waals surface area contributed by atoms with Crippen molar-refractivity contribution in [2.45, 2.75) is 44.0 Å². The van der Waals surface area contributed by atoms with Crippen LogP contribution in [0.4, 0.5) is 13.2 Å². The molecule has 0 aromatic heterocycles. The molecule has 1 aliphatic carbocycles. The Labute approximate surface area is 156 Å². The predicted molar refractivity (Wildman–Crippen MR) is 92.2 cm³/mol. The second kappa shape index (κ2) is 8.77. The summed E-state index contributed by atoms with van der Waals surface area (Å²) in [6.07, 6.45) is 5.15. The summed E-state index contributed by atoms with van der Waals surface area (Å²) in [5, 5.41) is 0. The van der Waals surface area contributed by atoms with Crippen molar-refractivity contribution in [1.82, 2.24) is 0 Å². The first-order valence-electron chi connectivity index (χ1n) is 8.52. The maximum absolute atomic E-state index is 12.7. The summed E-state index contributed by atoms with van der Waals surface area (Å²) in [4.78, 5) is 11.5. The normalized spacial score (nSPS) is 20.7. The highest BCUT2D eigenvalue weighted by Crippen LogP contribution is 2.33. The minimum atomic E-state index is -5.70. The molecular weight excluding hydrogens is 385 g/mol. The third-order valence-corrected chi connectivity index (χ3v) is 5.33. The number of esters is 1. The van der Waals surface area contributed by atoms with Gasteiger partial charge in [0.1, 0.15) is 5.76 Å². The van der Waals surface area contributed by atoms with Gasteiger partial charge in [-0.3, -0.25) is 0 Å². The Morgan fingerprint density at radius 3 is 2.41 bits per heavy atom. The van der Waals surface area contributed by atoms with E-state index >= 15 is 0 Å². The van der Waals surface area contributed by atoms with E-state index in [0.29, 0.717) is 24.8 Å². The average Bonchev–Trinajstić information content (AvgIpc) is 2.59. The predicted octanol–water partition coefficient (Wildman–Crippen LogP) is 4.35. The first kappa shape index (κ1) is 21.3. The quantitative estimate of drug-likeness (QED) is 0.413. The van der Waals surface area contributed by atoms with Gasteiger partial charge in [-0.2, -0.15) is 21.6 Å². The Kier molecular flexibility index (Phi) is 6.91. The van der Waals surface area contributed by atoms with Crippen molar-refractivity contribution >= 4 is 16.1 Å². The molecule has 1 aliphatic rings. The molecule has 2 rings (SSSR count). The topological polar surface area (TPSA) is 69.7 Å². The number of allylic oxidation sites excluding steroid dienone is 2. The molecule has 0 N–H and O–H groups in total. The zero-order valence-electron chi connectivity index (χ0n) is 14.8. The van der Waals surface area contributed by atoms with E-state index in [0.717, 1.165) is 24.8 Å². The van der Waals surface area contributed by atoms with Crippen LogP contribution in [0.2, 0.25) is 0 Å². The van der Waals surface area contributed by atoms with Crippen molar-refractivity contribution in [2.75, 3.05) is 7.11 Å². The van der Waals surface area contributed by atoms with Gasteiger partial charge in [0.15, 0.2) is 0 Å². The van der Waals surface area contributed by atoms with Crippen molar-refractivity contribution in [3.05, 3.63) is 47.2 Å². The van der Waals surface area contributed by atoms with Crippen molar-refractivity contribution < 1.29 is 35.3 Å². The van der Waals surface area contributed by atoms with E-state index < -0.39 is 27.5 Å². The van der Waals surface area contributed by atoms with Gasteiger partial charge in [0.05, 0.1) is 12.7 Å². The lowest BCUT2D eigenvalue weighted by Gasteiger charge is -2.23. The number of carbonyl (C=O) groups excluding carboxylic acids is 1. The summed E-state index contributed by atoms with van der Waals surface area (Å²) < 4.78 is 70.0. The van der Waals surface area contributed by atoms with Gasteiger partial charge in [0, 0.05) is 5.92 Å². The molecule has 0 saturated carbocycles. The first-order valence-corrected chi connectivity index (χ1v) is 9.93. The van der Waals surface area contributed by atoms with Gasteiger partial charge >= 0.3 is 21.6 Å². The van der Waals surface area contributed by atoms with Gasteiger partial charge in [-0.1, -0.05) is 25.0 Å². The van der Waals surface area contributed by atoms with E-state index in [9.17, 15) is 26.4 Å². The number of carbonyl (C=O) groups is 1. The molecule has 0 aliphatic heterocycles. The van der Waals surface area contributed by atoms with Crippen molar-refractivity contribution in [2.24, 2.45) is 5.92 Å². The molecule has 1 atom stereocenters. The van der Waals surface area contributed by atoms with E-state index in [1.54, 1.807) is 24.3 Å². The van der Waals surface area contributed by atoms with Crippen LogP contribution < -0.4 is 0 Å². The Balaban J connectivity index is 2.22. The number of methoxy groups -OCH3 is 1. The van der Waals surface area contributed by atoms with Gasteiger partial charge in [-0.05, 0) is 49.5 Å². The summed E-state index contributed by atoms with van der Waals surface area (Å²) in [7, 11) is -4.44. The van der Waals surface area contributed by atoms with E-state index in [1.807, 2.05) is 0 Å².